The van der Waals surface area contributed by atoms with Gasteiger partial charge in [0.1, 0.15) is 5.01 Å². The molecular weight excluding hydrogens is 364 g/mol. The van der Waals surface area contributed by atoms with Gasteiger partial charge in [-0.25, -0.2) is 4.98 Å². The van der Waals surface area contributed by atoms with Gasteiger partial charge in [-0.05, 0) is 35.2 Å². The second-order valence-electron chi connectivity index (χ2n) is 5.82. The minimum Gasteiger partial charge on any atom is -0.392 e. The Kier molecular flexibility index (Phi) is 4.88. The number of aliphatic hydroxyl groups excluding tert-OH is 1. The lowest BCUT2D eigenvalue weighted by atomic mass is 10.1. The van der Waals surface area contributed by atoms with Crippen molar-refractivity contribution in [1.29, 1.82) is 0 Å². The van der Waals surface area contributed by atoms with Crippen LogP contribution in [0.15, 0.2) is 69.7 Å². The van der Waals surface area contributed by atoms with Crippen molar-refractivity contribution in [2.45, 2.75) is 17.3 Å². The summed E-state index contributed by atoms with van der Waals surface area (Å²) in [6, 6.07) is 17.6. The molecule has 4 rings (SSSR count). The maximum Gasteiger partial charge on any atom is 0.257 e. The lowest BCUT2D eigenvalue weighted by Gasteiger charge is -2.03. The largest absolute Gasteiger partial charge is 0.392 e. The lowest BCUT2D eigenvalue weighted by molar-refractivity contribution is 0.282. The highest BCUT2D eigenvalue weighted by atomic mass is 32.2. The molecule has 0 atom stereocenters. The average Bonchev–Trinajstić information content (AvgIpc) is 3.15. The van der Waals surface area contributed by atoms with Crippen molar-refractivity contribution in [2.24, 2.45) is 0 Å². The lowest BCUT2D eigenvalue weighted by Crippen LogP contribution is -2.09. The van der Waals surface area contributed by atoms with Crippen molar-refractivity contribution in [2.75, 3.05) is 0 Å². The number of hydrogen-bond donors (Lipinski definition) is 2. The third-order valence-corrected chi connectivity index (χ3v) is 6.08. The van der Waals surface area contributed by atoms with Crippen molar-refractivity contribution in [1.82, 2.24) is 9.97 Å². The van der Waals surface area contributed by atoms with Crippen LogP contribution in [0.1, 0.15) is 10.6 Å². The third-order valence-electron chi connectivity index (χ3n) is 4.03. The van der Waals surface area contributed by atoms with Gasteiger partial charge in [-0.3, -0.25) is 4.79 Å². The Bertz CT molecular complexity index is 1100. The van der Waals surface area contributed by atoms with E-state index < -0.39 is 0 Å². The van der Waals surface area contributed by atoms with Crippen molar-refractivity contribution in [3.05, 3.63) is 80.9 Å². The van der Waals surface area contributed by atoms with Gasteiger partial charge < -0.3 is 10.1 Å². The normalized spacial score (nSPS) is 11.1. The Balaban J connectivity index is 1.60. The summed E-state index contributed by atoms with van der Waals surface area (Å²) in [5.74, 6) is 0.778. The number of aromatic amines is 1. The Morgan fingerprint density at radius 2 is 1.96 bits per heavy atom. The minimum atomic E-state index is -0.167. The zero-order chi connectivity index (χ0) is 17.9. The number of fused-ring (bicyclic) bond motifs is 1. The molecule has 0 amide bonds. The summed E-state index contributed by atoms with van der Waals surface area (Å²) in [5.41, 5.74) is 2.60. The van der Waals surface area contributed by atoms with Crippen molar-refractivity contribution in [3.8, 4) is 11.3 Å². The predicted molar refractivity (Wildman–Crippen MR) is 108 cm³/mol. The topological polar surface area (TPSA) is 66.0 Å². The summed E-state index contributed by atoms with van der Waals surface area (Å²) in [7, 11) is 0. The summed E-state index contributed by atoms with van der Waals surface area (Å²) < 4.78 is 0. The van der Waals surface area contributed by atoms with Gasteiger partial charge in [-0.15, -0.1) is 23.1 Å². The highest BCUT2D eigenvalue weighted by Gasteiger charge is 2.10. The van der Waals surface area contributed by atoms with E-state index in [1.165, 1.54) is 4.90 Å². The summed E-state index contributed by atoms with van der Waals surface area (Å²) in [5, 5.41) is 13.1. The molecule has 0 aliphatic heterocycles. The molecule has 26 heavy (non-hydrogen) atoms. The highest BCUT2D eigenvalue weighted by molar-refractivity contribution is 7.98. The summed E-state index contributed by atoms with van der Waals surface area (Å²) in [4.78, 5) is 21.2. The van der Waals surface area contributed by atoms with Crippen LogP contribution < -0.4 is 5.56 Å². The van der Waals surface area contributed by atoms with E-state index in [1.807, 2.05) is 41.8 Å². The van der Waals surface area contributed by atoms with E-state index in [0.717, 1.165) is 27.2 Å². The van der Waals surface area contributed by atoms with Gasteiger partial charge in [0.05, 0.1) is 23.6 Å². The quantitative estimate of drug-likeness (QED) is 0.503. The fourth-order valence-corrected chi connectivity index (χ4v) is 4.43. The van der Waals surface area contributed by atoms with Crippen molar-refractivity contribution in [3.63, 3.8) is 0 Å². The van der Waals surface area contributed by atoms with Crippen molar-refractivity contribution >= 4 is 34.0 Å². The van der Waals surface area contributed by atoms with Crippen LogP contribution in [0, 0.1) is 0 Å². The number of thioether (sulfide) groups is 1. The van der Waals surface area contributed by atoms with Gasteiger partial charge >= 0.3 is 0 Å². The molecule has 0 bridgehead atoms. The average molecular weight is 380 g/mol. The first-order valence-electron chi connectivity index (χ1n) is 8.12. The number of benzene rings is 2. The molecule has 0 fully saturated rings. The number of aliphatic hydroxyl groups is 1. The first-order chi connectivity index (χ1) is 12.7. The van der Waals surface area contributed by atoms with Crippen LogP contribution in [0.3, 0.4) is 0 Å². The van der Waals surface area contributed by atoms with Crippen LogP contribution in [0.5, 0.6) is 0 Å². The number of nitrogens with one attached hydrogen (secondary N) is 1. The van der Waals surface area contributed by atoms with Gasteiger partial charge in [-0.1, -0.05) is 30.3 Å². The monoisotopic (exact) mass is 380 g/mol. The highest BCUT2D eigenvalue weighted by Crippen LogP contribution is 2.27. The predicted octanol–water partition coefficient (Wildman–Crippen LogP) is 4.44. The van der Waals surface area contributed by atoms with E-state index in [4.69, 9.17) is 0 Å². The van der Waals surface area contributed by atoms with Crippen LogP contribution in [0.4, 0.5) is 0 Å². The molecule has 2 aromatic carbocycles. The van der Waals surface area contributed by atoms with Gasteiger partial charge in [0.2, 0.25) is 0 Å². The molecule has 4 nitrogen and oxygen atoms in total. The first-order valence-corrected chi connectivity index (χ1v) is 9.99. The van der Waals surface area contributed by atoms with Gasteiger partial charge in [0, 0.05) is 15.8 Å². The maximum absolute atomic E-state index is 12.5. The van der Waals surface area contributed by atoms with Crippen LogP contribution in [0.2, 0.25) is 0 Å². The number of pyridine rings is 1. The third kappa shape index (κ3) is 3.58. The van der Waals surface area contributed by atoms with Gasteiger partial charge in [0.25, 0.3) is 5.56 Å². The van der Waals surface area contributed by atoms with E-state index in [0.29, 0.717) is 11.3 Å². The van der Waals surface area contributed by atoms with Crippen LogP contribution in [-0.4, -0.2) is 15.1 Å². The Hall–Kier alpha value is -2.41. The zero-order valence-electron chi connectivity index (χ0n) is 13.8. The molecule has 0 saturated carbocycles. The Morgan fingerprint density at radius 1 is 1.12 bits per heavy atom. The fourth-order valence-electron chi connectivity index (χ4n) is 2.70. The number of H-pyrrole nitrogens is 1. The fraction of sp³-hybridized carbons (Fsp3) is 0.100. The molecule has 2 aromatic heterocycles. The first kappa shape index (κ1) is 17.0. The second kappa shape index (κ2) is 7.45. The van der Waals surface area contributed by atoms with E-state index in [-0.39, 0.29) is 12.2 Å². The standard InChI is InChI=1S/C20H16N2O2S2/c23-10-13-6-7-14-9-16(20(24)22-17(14)8-13)18-11-26-19(21-18)12-25-15-4-2-1-3-5-15/h1-9,11,23H,10,12H2,(H,22,24). The van der Waals surface area contributed by atoms with Crippen molar-refractivity contribution < 1.29 is 5.11 Å². The number of nitrogens with zero attached hydrogens (tertiary/aromatic N) is 1. The molecule has 0 aliphatic rings. The van der Waals surface area contributed by atoms with E-state index in [2.05, 4.69) is 22.1 Å². The second-order valence-corrected chi connectivity index (χ2v) is 7.81. The molecule has 6 heteroatoms. The number of hydrogen-bond acceptors (Lipinski definition) is 5. The van der Waals surface area contributed by atoms with Crippen LogP contribution >= 0.6 is 23.1 Å². The molecule has 0 aliphatic carbocycles. The summed E-state index contributed by atoms with van der Waals surface area (Å²) in [6.45, 7) is -0.0474. The molecule has 0 unspecified atom stereocenters. The summed E-state index contributed by atoms with van der Waals surface area (Å²) >= 11 is 3.30. The zero-order valence-corrected chi connectivity index (χ0v) is 15.4. The number of aromatic nitrogens is 2. The molecule has 0 spiro atoms. The minimum absolute atomic E-state index is 0.0474. The number of rotatable bonds is 5. The Morgan fingerprint density at radius 3 is 2.77 bits per heavy atom. The number of thiazole rings is 1. The maximum atomic E-state index is 12.5. The smallest absolute Gasteiger partial charge is 0.257 e. The van der Waals surface area contributed by atoms with E-state index >= 15 is 0 Å². The molecule has 130 valence electrons. The molecular formula is C20H16N2O2S2. The molecule has 2 heterocycles. The Labute approximate surface area is 158 Å². The van der Waals surface area contributed by atoms with Crippen LogP contribution in [-0.2, 0) is 12.4 Å². The van der Waals surface area contributed by atoms with Gasteiger partial charge in [-0.2, -0.15) is 0 Å². The molecule has 2 N–H and O–H groups in total. The molecule has 0 radical (unpaired) electrons. The van der Waals surface area contributed by atoms with Gasteiger partial charge in [0.15, 0.2) is 0 Å². The van der Waals surface area contributed by atoms with Crippen LogP contribution in [0.25, 0.3) is 22.2 Å². The SMILES string of the molecule is O=c1[nH]c2cc(CO)ccc2cc1-c1csc(CSc2ccccc2)n1. The molecule has 0 saturated heterocycles. The molecule has 4 aromatic rings. The van der Waals surface area contributed by atoms with E-state index in [1.54, 1.807) is 29.2 Å². The van der Waals surface area contributed by atoms with E-state index in [9.17, 15) is 9.90 Å². The summed E-state index contributed by atoms with van der Waals surface area (Å²) in [6.07, 6.45) is 0.